The average Bonchev–Trinajstić information content (AvgIpc) is 3.04. The van der Waals surface area contributed by atoms with Crippen LogP contribution in [0.1, 0.15) is 72.1 Å². The summed E-state index contributed by atoms with van der Waals surface area (Å²) in [6.07, 6.45) is 9.64. The molecule has 49 heavy (non-hydrogen) atoms. The molecule has 3 N–H and O–H groups in total. The Kier molecular flexibility index (Phi) is 14.0. The van der Waals surface area contributed by atoms with E-state index in [0.717, 1.165) is 51.4 Å². The van der Waals surface area contributed by atoms with E-state index in [2.05, 4.69) is 15.3 Å². The number of carbonyl (C=O) groups excluding carboxylic acids is 3. The molecule has 0 saturated heterocycles. The molecule has 6 rings (SSSR count). The first kappa shape index (κ1) is 39.7. The summed E-state index contributed by atoms with van der Waals surface area (Å²) in [4.78, 5) is 48.8. The van der Waals surface area contributed by atoms with Gasteiger partial charge in [0.25, 0.3) is 11.8 Å². The van der Waals surface area contributed by atoms with Gasteiger partial charge < -0.3 is 44.5 Å². The number of nitrogens with two attached hydrogens (primary N) is 1. The van der Waals surface area contributed by atoms with Crippen molar-refractivity contribution in [1.29, 1.82) is 0 Å². The van der Waals surface area contributed by atoms with Gasteiger partial charge in [0.15, 0.2) is 13.2 Å². The van der Waals surface area contributed by atoms with Crippen molar-refractivity contribution in [2.24, 2.45) is 5.73 Å². The van der Waals surface area contributed by atoms with Gasteiger partial charge in [-0.2, -0.15) is 0 Å². The number of nitrogens with one attached hydrogen (secondary N) is 1. The molecule has 2 aromatic rings. The monoisotopic (exact) mass is 726 g/mol. The second kappa shape index (κ2) is 17.3. The summed E-state index contributed by atoms with van der Waals surface area (Å²) in [5.74, 6) is 2.05. The molecule has 0 atom stereocenters. The zero-order valence-electron chi connectivity index (χ0n) is 28.6. The van der Waals surface area contributed by atoms with Crippen molar-refractivity contribution >= 4 is 54.1 Å². The number of aromatic nitrogens is 2. The van der Waals surface area contributed by atoms with E-state index in [1.165, 1.54) is 0 Å². The van der Waals surface area contributed by atoms with Crippen molar-refractivity contribution < 1.29 is 38.1 Å². The topological polar surface area (TPSA) is 168 Å². The van der Waals surface area contributed by atoms with Crippen LogP contribution in [0.15, 0.2) is 24.5 Å². The molecule has 2 aromatic heterocycles. The second-order valence-corrected chi connectivity index (χ2v) is 13.2. The number of carbonyl (C=O) groups is 3. The number of methoxy groups -OCH3 is 2. The minimum absolute atomic E-state index is 0. The molecular formula is C33H48Cl2N6O8. The molecule has 14 nitrogen and oxygen atoms in total. The summed E-state index contributed by atoms with van der Waals surface area (Å²) in [6, 6.07) is 4.13. The van der Waals surface area contributed by atoms with Gasteiger partial charge in [-0.25, -0.2) is 14.8 Å². The average molecular weight is 728 g/mol. The number of ether oxygens (including phenoxy) is 5. The van der Waals surface area contributed by atoms with E-state index in [1.807, 2.05) is 31.7 Å². The minimum Gasteiger partial charge on any atom is -0.495 e. The highest BCUT2D eigenvalue weighted by Crippen LogP contribution is 2.39. The van der Waals surface area contributed by atoms with Crippen LogP contribution in [0, 0.1) is 0 Å². The highest BCUT2D eigenvalue weighted by molar-refractivity contribution is 5.99. The lowest BCUT2D eigenvalue weighted by Crippen LogP contribution is -2.50. The number of halogens is 2. The molecule has 2 aliphatic carbocycles. The molecule has 0 radical (unpaired) electrons. The second-order valence-electron chi connectivity index (χ2n) is 13.2. The van der Waals surface area contributed by atoms with Crippen LogP contribution >= 0.6 is 24.8 Å². The molecule has 2 fully saturated rings. The first-order valence-corrected chi connectivity index (χ1v) is 16.2. The number of amides is 3. The maximum Gasteiger partial charge on any atom is 0.407 e. The van der Waals surface area contributed by atoms with Crippen LogP contribution in [-0.2, 0) is 14.3 Å². The van der Waals surface area contributed by atoms with Gasteiger partial charge in [0.2, 0.25) is 11.8 Å². The van der Waals surface area contributed by atoms with Gasteiger partial charge in [0.1, 0.15) is 28.5 Å². The fraction of sp³-hybridized carbons (Fsp3) is 0.606. The molecule has 16 heteroatoms. The molecule has 4 heterocycles. The zero-order valence-corrected chi connectivity index (χ0v) is 30.3. The molecule has 3 amide bonds. The zero-order chi connectivity index (χ0) is 33.7. The quantitative estimate of drug-likeness (QED) is 0.443. The maximum atomic E-state index is 12.5. The fourth-order valence-electron chi connectivity index (χ4n) is 6.42. The van der Waals surface area contributed by atoms with Crippen LogP contribution in [0.25, 0.3) is 0 Å². The van der Waals surface area contributed by atoms with Gasteiger partial charge in [-0.05, 0) is 72.1 Å². The summed E-state index contributed by atoms with van der Waals surface area (Å²) in [5, 5.41) is 2.93. The standard InChI is InChI=1S/C19H27N3O5.C14H19N3O3.2ClH/c1-19(2,3)27-18(24)21-12-5-7-13(8-6-12)22-15-9-14(25-4)10-20-17(15)26-11-16(22)23;1-19-11-6-12-14(16-7-11)20-8-13(18)17(12)10-4-2-9(15)3-5-10;;/h9-10,12-13H,5-8,11H2,1-4H3,(H,21,24);6-7,9-10H,2-5,8,15H2,1H3;2*1H. The van der Waals surface area contributed by atoms with E-state index in [0.29, 0.717) is 34.6 Å². The van der Waals surface area contributed by atoms with Crippen molar-refractivity contribution in [3.63, 3.8) is 0 Å². The largest absolute Gasteiger partial charge is 0.495 e. The van der Waals surface area contributed by atoms with E-state index >= 15 is 0 Å². The molecule has 4 aliphatic rings. The normalized spacial score (nSPS) is 23.0. The lowest BCUT2D eigenvalue weighted by molar-refractivity contribution is -0.122. The van der Waals surface area contributed by atoms with Crippen LogP contribution in [-0.4, -0.2) is 85.1 Å². The van der Waals surface area contributed by atoms with Gasteiger partial charge in [-0.15, -0.1) is 24.8 Å². The smallest absolute Gasteiger partial charge is 0.407 e. The molecular weight excluding hydrogens is 679 g/mol. The Morgan fingerprint density at radius 3 is 1.63 bits per heavy atom. The number of hydrogen-bond acceptors (Lipinski definition) is 11. The molecule has 272 valence electrons. The summed E-state index contributed by atoms with van der Waals surface area (Å²) >= 11 is 0. The van der Waals surface area contributed by atoms with Crippen LogP contribution in [0.4, 0.5) is 16.2 Å². The molecule has 0 unspecified atom stereocenters. The Balaban J connectivity index is 0.000000265. The number of rotatable bonds is 5. The van der Waals surface area contributed by atoms with Crippen LogP contribution in [0.3, 0.4) is 0 Å². The third kappa shape index (κ3) is 9.92. The van der Waals surface area contributed by atoms with E-state index in [1.54, 1.807) is 37.6 Å². The summed E-state index contributed by atoms with van der Waals surface area (Å²) in [5.41, 5.74) is 6.78. The lowest BCUT2D eigenvalue weighted by atomic mass is 9.89. The maximum absolute atomic E-state index is 12.5. The Bertz CT molecular complexity index is 1440. The van der Waals surface area contributed by atoms with Gasteiger partial charge in [-0.3, -0.25) is 9.59 Å². The first-order valence-electron chi connectivity index (χ1n) is 16.2. The highest BCUT2D eigenvalue weighted by Gasteiger charge is 2.37. The van der Waals surface area contributed by atoms with Gasteiger partial charge in [0.05, 0.1) is 26.6 Å². The number of pyridine rings is 2. The third-order valence-electron chi connectivity index (χ3n) is 8.70. The van der Waals surface area contributed by atoms with Crippen molar-refractivity contribution in [2.75, 3.05) is 37.2 Å². The summed E-state index contributed by atoms with van der Waals surface area (Å²) in [6.45, 7) is 5.56. The Morgan fingerprint density at radius 1 is 0.796 bits per heavy atom. The van der Waals surface area contributed by atoms with E-state index < -0.39 is 11.7 Å². The molecule has 2 saturated carbocycles. The predicted octanol–water partition coefficient (Wildman–Crippen LogP) is 4.58. The van der Waals surface area contributed by atoms with Crippen molar-refractivity contribution in [2.45, 2.75) is 102 Å². The van der Waals surface area contributed by atoms with Crippen LogP contribution in [0.5, 0.6) is 23.3 Å². The van der Waals surface area contributed by atoms with E-state index in [-0.39, 0.29) is 74.0 Å². The molecule has 0 aromatic carbocycles. The molecule has 2 aliphatic heterocycles. The Hall–Kier alpha value is -3.75. The number of hydrogen-bond donors (Lipinski definition) is 2. The van der Waals surface area contributed by atoms with Crippen molar-refractivity contribution in [3.05, 3.63) is 24.5 Å². The van der Waals surface area contributed by atoms with Crippen molar-refractivity contribution in [3.8, 4) is 23.3 Å². The third-order valence-corrected chi connectivity index (χ3v) is 8.70. The molecule has 0 bridgehead atoms. The summed E-state index contributed by atoms with van der Waals surface area (Å²) < 4.78 is 26.6. The lowest BCUT2D eigenvalue weighted by Gasteiger charge is -2.39. The first-order chi connectivity index (χ1) is 22.5. The SMILES string of the molecule is COc1cnc2c(c1)N(C1CCC(N)CC1)C(=O)CO2.COc1cnc2c(c1)N(C1CCC(NC(=O)OC(C)(C)C)CC1)C(=O)CO2.Cl.Cl. The predicted molar refractivity (Wildman–Crippen MR) is 188 cm³/mol. The van der Waals surface area contributed by atoms with Gasteiger partial charge in [0, 0.05) is 36.3 Å². The van der Waals surface area contributed by atoms with E-state index in [9.17, 15) is 14.4 Å². The number of nitrogens with zero attached hydrogens (tertiary/aromatic N) is 4. The number of anilines is 2. The summed E-state index contributed by atoms with van der Waals surface area (Å²) in [7, 11) is 3.14. The van der Waals surface area contributed by atoms with Gasteiger partial charge in [-0.1, -0.05) is 0 Å². The Morgan fingerprint density at radius 2 is 1.22 bits per heavy atom. The molecule has 0 spiro atoms. The Labute approximate surface area is 299 Å². The van der Waals surface area contributed by atoms with Crippen molar-refractivity contribution in [1.82, 2.24) is 15.3 Å². The van der Waals surface area contributed by atoms with Crippen LogP contribution < -0.4 is 39.8 Å². The van der Waals surface area contributed by atoms with Gasteiger partial charge >= 0.3 is 6.09 Å². The minimum atomic E-state index is -0.517. The number of alkyl carbamates (subject to hydrolysis) is 1. The number of fused-ring (bicyclic) bond motifs is 2. The fourth-order valence-corrected chi connectivity index (χ4v) is 6.42. The van der Waals surface area contributed by atoms with Crippen LogP contribution in [0.2, 0.25) is 0 Å². The highest BCUT2D eigenvalue weighted by atomic mass is 35.5. The van der Waals surface area contributed by atoms with E-state index in [4.69, 9.17) is 29.4 Å².